The molecule has 0 spiro atoms. The van der Waals surface area contributed by atoms with Crippen molar-refractivity contribution in [2.75, 3.05) is 24.5 Å². The van der Waals surface area contributed by atoms with E-state index in [0.717, 1.165) is 51.0 Å². The summed E-state index contributed by atoms with van der Waals surface area (Å²) in [6.45, 7) is 5.60. The number of Topliss-reactive ketones (excluding diaryl/α,β-unsaturated/α-hetero) is 1. The number of ether oxygens (including phenoxy) is 1. The molecule has 1 atom stereocenters. The van der Waals surface area contributed by atoms with Crippen molar-refractivity contribution in [1.82, 2.24) is 14.6 Å². The van der Waals surface area contributed by atoms with E-state index >= 15 is 0 Å². The van der Waals surface area contributed by atoms with E-state index in [4.69, 9.17) is 5.11 Å². The number of carbonyl (C=O) groups excluding carboxylic acids is 2. The summed E-state index contributed by atoms with van der Waals surface area (Å²) in [6.07, 6.45) is -5.50. The quantitative estimate of drug-likeness (QED) is 0.259. The molecular formula is C30H33F3N4O7S2. The zero-order valence-corrected chi connectivity index (χ0v) is 26.8. The van der Waals surface area contributed by atoms with Gasteiger partial charge in [0, 0.05) is 32.6 Å². The number of rotatable bonds is 12. The molecule has 11 nitrogen and oxygen atoms in total. The summed E-state index contributed by atoms with van der Waals surface area (Å²) in [4.78, 5) is 43.3. The minimum atomic E-state index is -4.95. The second-order valence-corrected chi connectivity index (χ2v) is 13.8. The molecule has 1 fully saturated rings. The van der Waals surface area contributed by atoms with Crippen LogP contribution in [0.5, 0.6) is 5.75 Å². The Labute approximate surface area is 268 Å². The van der Waals surface area contributed by atoms with Gasteiger partial charge in [0.05, 0.1) is 21.9 Å². The monoisotopic (exact) mass is 682 g/mol. The van der Waals surface area contributed by atoms with Crippen molar-refractivity contribution in [3.8, 4) is 5.75 Å². The Hall–Kier alpha value is -4.02. The molecule has 2 N–H and O–H groups in total. The summed E-state index contributed by atoms with van der Waals surface area (Å²) in [7, 11) is -4.37. The van der Waals surface area contributed by atoms with E-state index in [-0.39, 0.29) is 54.6 Å². The molecule has 1 aliphatic rings. The van der Waals surface area contributed by atoms with E-state index in [1.165, 1.54) is 0 Å². The van der Waals surface area contributed by atoms with E-state index in [1.807, 2.05) is 24.3 Å². The Kier molecular flexibility index (Phi) is 10.7. The molecule has 0 radical (unpaired) electrons. The third kappa shape index (κ3) is 8.61. The molecule has 4 rings (SSSR count). The van der Waals surface area contributed by atoms with Gasteiger partial charge in [0.2, 0.25) is 15.9 Å². The van der Waals surface area contributed by atoms with Crippen molar-refractivity contribution in [2.45, 2.75) is 63.4 Å². The first-order valence-corrected chi connectivity index (χ1v) is 16.5. The van der Waals surface area contributed by atoms with Gasteiger partial charge in [0.15, 0.2) is 10.9 Å². The smallest absolute Gasteiger partial charge is 0.481 e. The lowest BCUT2D eigenvalue weighted by Gasteiger charge is -2.39. The highest BCUT2D eigenvalue weighted by molar-refractivity contribution is 7.89. The molecule has 248 valence electrons. The number of thiazole rings is 1. The normalized spacial score (nSPS) is 16.0. The fourth-order valence-corrected chi connectivity index (χ4v) is 7.47. The predicted octanol–water partition coefficient (Wildman–Crippen LogP) is 4.72. The predicted molar refractivity (Wildman–Crippen MR) is 163 cm³/mol. The van der Waals surface area contributed by atoms with Gasteiger partial charge in [-0.05, 0) is 48.2 Å². The maximum Gasteiger partial charge on any atom is 0.573 e. The minimum Gasteiger partial charge on any atom is -0.481 e. The van der Waals surface area contributed by atoms with Crippen molar-refractivity contribution in [3.63, 3.8) is 0 Å². The van der Waals surface area contributed by atoms with Crippen LogP contribution in [-0.4, -0.2) is 72.5 Å². The van der Waals surface area contributed by atoms with Crippen molar-refractivity contribution in [2.24, 2.45) is 0 Å². The van der Waals surface area contributed by atoms with Crippen LogP contribution in [0.15, 0.2) is 53.4 Å². The number of aryl methyl sites for hydroxylation is 1. The van der Waals surface area contributed by atoms with Gasteiger partial charge < -0.3 is 20.1 Å². The summed E-state index contributed by atoms with van der Waals surface area (Å²) < 4.78 is 70.2. The van der Waals surface area contributed by atoms with Crippen LogP contribution in [0.2, 0.25) is 0 Å². The SMILES string of the molecule is Cc1nc(N2CCN(S(=O)(=O)c3ccc(OC(F)(F)F)cc3)[C@@H](C(=O)NCc3ccc(C(C)C)cc3)C2)sc1C(=O)CCC(=O)O. The Morgan fingerprint density at radius 1 is 1.07 bits per heavy atom. The number of carbonyl (C=O) groups is 3. The van der Waals surface area contributed by atoms with Gasteiger partial charge in [-0.3, -0.25) is 14.4 Å². The molecule has 1 aliphatic heterocycles. The number of carboxylic acids is 1. The third-order valence-electron chi connectivity index (χ3n) is 7.29. The molecule has 1 saturated heterocycles. The highest BCUT2D eigenvalue weighted by Crippen LogP contribution is 2.32. The summed E-state index contributed by atoms with van der Waals surface area (Å²) in [5, 5.41) is 12.1. The molecule has 2 aromatic carbocycles. The number of piperazine rings is 1. The molecule has 3 aromatic rings. The Morgan fingerprint density at radius 2 is 1.72 bits per heavy atom. The average molecular weight is 683 g/mol. The number of sulfonamides is 1. The van der Waals surface area contributed by atoms with Crippen molar-refractivity contribution < 1.29 is 45.8 Å². The number of benzene rings is 2. The molecule has 2 heterocycles. The topological polar surface area (TPSA) is 146 Å². The van der Waals surface area contributed by atoms with E-state index in [9.17, 15) is 36.0 Å². The summed E-state index contributed by atoms with van der Waals surface area (Å²) in [6, 6.07) is 10.1. The molecule has 1 aromatic heterocycles. The number of anilines is 1. The molecule has 0 unspecified atom stereocenters. The molecule has 1 amide bonds. The highest BCUT2D eigenvalue weighted by Gasteiger charge is 2.41. The van der Waals surface area contributed by atoms with Gasteiger partial charge in [-0.15, -0.1) is 13.2 Å². The number of carboxylic acid groups (broad SMARTS) is 1. The number of aliphatic carboxylic acids is 1. The fraction of sp³-hybridized carbons (Fsp3) is 0.400. The summed E-state index contributed by atoms with van der Waals surface area (Å²) in [5.74, 6) is -2.39. The first-order chi connectivity index (χ1) is 21.5. The van der Waals surface area contributed by atoms with Crippen molar-refractivity contribution in [3.05, 3.63) is 70.2 Å². The van der Waals surface area contributed by atoms with E-state index in [2.05, 4.69) is 28.9 Å². The number of halogens is 3. The number of hydrogen-bond acceptors (Lipinski definition) is 9. The van der Waals surface area contributed by atoms with Crippen LogP contribution in [0.4, 0.5) is 18.3 Å². The number of ketones is 1. The average Bonchev–Trinajstić information content (AvgIpc) is 3.39. The van der Waals surface area contributed by atoms with Crippen LogP contribution in [0, 0.1) is 6.92 Å². The zero-order valence-electron chi connectivity index (χ0n) is 25.2. The first-order valence-electron chi connectivity index (χ1n) is 14.3. The van der Waals surface area contributed by atoms with Crippen LogP contribution in [-0.2, 0) is 26.2 Å². The zero-order chi connectivity index (χ0) is 33.8. The molecular weight excluding hydrogens is 649 g/mol. The number of nitrogens with zero attached hydrogens (tertiary/aromatic N) is 3. The van der Waals surface area contributed by atoms with Crippen molar-refractivity contribution in [1.29, 1.82) is 0 Å². The lowest BCUT2D eigenvalue weighted by molar-refractivity contribution is -0.274. The fourth-order valence-electron chi connectivity index (χ4n) is 4.83. The summed E-state index contributed by atoms with van der Waals surface area (Å²) >= 11 is 1.03. The Morgan fingerprint density at radius 3 is 2.30 bits per heavy atom. The van der Waals surface area contributed by atoms with E-state index < -0.39 is 40.1 Å². The molecule has 16 heteroatoms. The van der Waals surface area contributed by atoms with Crippen LogP contribution in [0.3, 0.4) is 0 Å². The maximum absolute atomic E-state index is 13.8. The van der Waals surface area contributed by atoms with Crippen LogP contribution in [0.25, 0.3) is 0 Å². The molecule has 0 saturated carbocycles. The number of aromatic nitrogens is 1. The summed E-state index contributed by atoms with van der Waals surface area (Å²) in [5.41, 5.74) is 2.29. The van der Waals surface area contributed by atoms with Gasteiger partial charge in [-0.25, -0.2) is 13.4 Å². The lowest BCUT2D eigenvalue weighted by atomic mass is 10.0. The number of nitrogens with one attached hydrogen (secondary N) is 1. The number of hydrogen-bond donors (Lipinski definition) is 2. The molecule has 0 bridgehead atoms. The largest absolute Gasteiger partial charge is 0.573 e. The van der Waals surface area contributed by atoms with Gasteiger partial charge >= 0.3 is 12.3 Å². The lowest BCUT2D eigenvalue weighted by Crippen LogP contribution is -2.60. The van der Waals surface area contributed by atoms with Crippen LogP contribution < -0.4 is 15.0 Å². The van der Waals surface area contributed by atoms with E-state index in [1.54, 1.807) is 11.8 Å². The highest BCUT2D eigenvalue weighted by atomic mass is 32.2. The van der Waals surface area contributed by atoms with Crippen molar-refractivity contribution >= 4 is 44.2 Å². The van der Waals surface area contributed by atoms with Gasteiger partial charge in [-0.2, -0.15) is 4.31 Å². The third-order valence-corrected chi connectivity index (χ3v) is 10.5. The second kappa shape index (κ2) is 14.2. The number of amides is 1. The second-order valence-electron chi connectivity index (χ2n) is 10.9. The maximum atomic E-state index is 13.8. The van der Waals surface area contributed by atoms with Gasteiger partial charge in [0.1, 0.15) is 11.8 Å². The minimum absolute atomic E-state index is 0.0879. The van der Waals surface area contributed by atoms with Gasteiger partial charge in [0.25, 0.3) is 0 Å². The standard InChI is InChI=1S/C30H33F3N4O7S2/c1-18(2)21-6-4-20(5-7-21)16-34-28(41)24-17-36(29-35-19(3)27(45-29)25(38)12-13-26(39)40)14-15-37(24)46(42,43)23-10-8-22(9-11-23)44-30(31,32)33/h4-11,18,24H,12-17H2,1-3H3,(H,34,41)(H,39,40)/t24-/m1/s1. The van der Waals surface area contributed by atoms with Crippen LogP contribution >= 0.6 is 11.3 Å². The Balaban J connectivity index is 1.59. The van der Waals surface area contributed by atoms with Crippen LogP contribution in [0.1, 0.15) is 59.1 Å². The van der Waals surface area contributed by atoms with E-state index in [0.29, 0.717) is 16.7 Å². The first kappa shape index (κ1) is 34.8. The Bertz CT molecular complexity index is 1680. The van der Waals surface area contributed by atoms with Gasteiger partial charge in [-0.1, -0.05) is 49.4 Å². The molecule has 0 aliphatic carbocycles. The number of alkyl halides is 3. The molecule has 46 heavy (non-hydrogen) atoms.